The summed E-state index contributed by atoms with van der Waals surface area (Å²) in [6.45, 7) is 16.5. The molecule has 2 aromatic rings. The van der Waals surface area contributed by atoms with E-state index in [0.717, 1.165) is 53.3 Å². The van der Waals surface area contributed by atoms with E-state index in [2.05, 4.69) is 43.3 Å². The molecule has 7 heteroatoms. The molecular formula is C28H36N2O3S2. The Hall–Kier alpha value is -2.06. The minimum atomic E-state index is -0.963. The van der Waals surface area contributed by atoms with Crippen LogP contribution in [0.2, 0.25) is 0 Å². The van der Waals surface area contributed by atoms with Gasteiger partial charge in [-0.2, -0.15) is 0 Å². The summed E-state index contributed by atoms with van der Waals surface area (Å²) < 4.78 is 18.5. The first-order valence-electron chi connectivity index (χ1n) is 12.4. The molecule has 1 amide bonds. The van der Waals surface area contributed by atoms with E-state index in [-0.39, 0.29) is 23.7 Å². The smallest absolute Gasteiger partial charge is 0.261 e. The van der Waals surface area contributed by atoms with E-state index in [1.165, 1.54) is 10.4 Å². The minimum Gasteiger partial charge on any atom is -0.366 e. The topological polar surface area (TPSA) is 58.6 Å². The molecule has 1 aromatic heterocycles. The molecule has 3 atom stereocenters. The molecule has 1 aromatic carbocycles. The summed E-state index contributed by atoms with van der Waals surface area (Å²) in [7, 11) is -0.963. The quantitative estimate of drug-likeness (QED) is 0.495. The number of nitrogens with one attached hydrogen (secondary N) is 1. The number of likely N-dealkylation sites (tertiary alicyclic amines) is 1. The second-order valence-corrected chi connectivity index (χ2v) is 12.3. The second-order valence-electron chi connectivity index (χ2n) is 9.54. The molecule has 35 heavy (non-hydrogen) atoms. The molecule has 4 rings (SSSR count). The van der Waals surface area contributed by atoms with Gasteiger partial charge < -0.3 is 10.1 Å². The van der Waals surface area contributed by atoms with Crippen molar-refractivity contribution in [3.63, 3.8) is 0 Å². The van der Waals surface area contributed by atoms with Gasteiger partial charge >= 0.3 is 0 Å². The number of ether oxygens (including phenoxy) is 1. The Morgan fingerprint density at radius 2 is 2.03 bits per heavy atom. The van der Waals surface area contributed by atoms with Crippen molar-refractivity contribution in [3.05, 3.63) is 76.0 Å². The summed E-state index contributed by atoms with van der Waals surface area (Å²) in [5.74, 6) is 0.547. The van der Waals surface area contributed by atoms with Gasteiger partial charge in [-0.25, -0.2) is 0 Å². The predicted molar refractivity (Wildman–Crippen MR) is 144 cm³/mol. The van der Waals surface area contributed by atoms with Crippen molar-refractivity contribution in [2.75, 3.05) is 18.8 Å². The molecule has 1 spiro atoms. The molecule has 2 unspecified atom stereocenters. The SMILES string of the molecule is C=CC(=C)C(C)N1CCC2(CC1)O[C@@H](C)Cc1cc(C(=O)NCc3ccc(S(=O)CC)cc3)sc12. The zero-order valence-corrected chi connectivity index (χ0v) is 22.6. The minimum absolute atomic E-state index is 0.0539. The maximum absolute atomic E-state index is 13.0. The number of nitrogens with zero attached hydrogens (tertiary/aromatic N) is 1. The molecule has 2 aliphatic rings. The fourth-order valence-electron chi connectivity index (χ4n) is 5.09. The van der Waals surface area contributed by atoms with E-state index in [1.54, 1.807) is 11.3 Å². The van der Waals surface area contributed by atoms with Crippen LogP contribution in [0, 0.1) is 0 Å². The molecule has 1 saturated heterocycles. The predicted octanol–water partition coefficient (Wildman–Crippen LogP) is 5.19. The zero-order chi connectivity index (χ0) is 25.2. The molecule has 1 fully saturated rings. The van der Waals surface area contributed by atoms with Gasteiger partial charge in [-0.3, -0.25) is 13.9 Å². The lowest BCUT2D eigenvalue weighted by atomic mass is 9.83. The number of hydrogen-bond donors (Lipinski definition) is 1. The van der Waals surface area contributed by atoms with Gasteiger partial charge in [-0.1, -0.05) is 38.3 Å². The number of amides is 1. The number of carbonyl (C=O) groups is 1. The van der Waals surface area contributed by atoms with E-state index >= 15 is 0 Å². The van der Waals surface area contributed by atoms with Crippen molar-refractivity contribution in [1.82, 2.24) is 10.2 Å². The average molecular weight is 513 g/mol. The van der Waals surface area contributed by atoms with Gasteiger partial charge in [0, 0.05) is 41.2 Å². The van der Waals surface area contributed by atoms with Crippen molar-refractivity contribution in [1.29, 1.82) is 0 Å². The van der Waals surface area contributed by atoms with Gasteiger partial charge in [-0.05, 0) is 68.0 Å². The molecule has 2 aliphatic heterocycles. The highest BCUT2D eigenvalue weighted by molar-refractivity contribution is 7.85. The maximum Gasteiger partial charge on any atom is 0.261 e. The van der Waals surface area contributed by atoms with Crippen LogP contribution in [0.5, 0.6) is 0 Å². The number of benzene rings is 1. The summed E-state index contributed by atoms with van der Waals surface area (Å²) in [6, 6.07) is 9.96. The molecular weight excluding hydrogens is 476 g/mol. The van der Waals surface area contributed by atoms with Gasteiger partial charge in [0.2, 0.25) is 0 Å². The Morgan fingerprint density at radius 3 is 2.66 bits per heavy atom. The Kier molecular flexibility index (Phi) is 8.11. The van der Waals surface area contributed by atoms with Crippen LogP contribution in [-0.2, 0) is 34.1 Å². The first kappa shape index (κ1) is 26.0. The third kappa shape index (κ3) is 5.53. The zero-order valence-electron chi connectivity index (χ0n) is 21.0. The fourth-order valence-corrected chi connectivity index (χ4v) is 7.16. The lowest BCUT2D eigenvalue weighted by Crippen LogP contribution is -2.50. The number of piperidine rings is 1. The van der Waals surface area contributed by atoms with E-state index in [0.29, 0.717) is 12.3 Å². The molecule has 0 bridgehead atoms. The second kappa shape index (κ2) is 10.9. The van der Waals surface area contributed by atoms with Crippen LogP contribution in [0.25, 0.3) is 0 Å². The highest BCUT2D eigenvalue weighted by atomic mass is 32.2. The number of hydrogen-bond acceptors (Lipinski definition) is 5. The van der Waals surface area contributed by atoms with Crippen LogP contribution in [0.1, 0.15) is 59.3 Å². The molecule has 5 nitrogen and oxygen atoms in total. The highest BCUT2D eigenvalue weighted by Gasteiger charge is 2.45. The van der Waals surface area contributed by atoms with E-state index in [1.807, 2.05) is 37.3 Å². The van der Waals surface area contributed by atoms with Gasteiger partial charge in [-0.15, -0.1) is 11.3 Å². The molecule has 3 heterocycles. The van der Waals surface area contributed by atoms with Crippen molar-refractivity contribution in [2.45, 2.75) is 69.2 Å². The molecule has 0 saturated carbocycles. The summed E-state index contributed by atoms with van der Waals surface area (Å²) in [5, 5.41) is 3.06. The van der Waals surface area contributed by atoms with E-state index in [9.17, 15) is 9.00 Å². The number of rotatable bonds is 8. The van der Waals surface area contributed by atoms with Crippen molar-refractivity contribution < 1.29 is 13.7 Å². The van der Waals surface area contributed by atoms with Gasteiger partial charge in [0.15, 0.2) is 0 Å². The third-order valence-electron chi connectivity index (χ3n) is 7.23. The summed E-state index contributed by atoms with van der Waals surface area (Å²) in [5.41, 5.74) is 2.98. The Labute approximate surface area is 215 Å². The van der Waals surface area contributed by atoms with Crippen LogP contribution in [0.3, 0.4) is 0 Å². The van der Waals surface area contributed by atoms with Crippen molar-refractivity contribution >= 4 is 28.0 Å². The van der Waals surface area contributed by atoms with Crippen molar-refractivity contribution in [2.24, 2.45) is 0 Å². The molecule has 0 radical (unpaired) electrons. The molecule has 1 N–H and O–H groups in total. The largest absolute Gasteiger partial charge is 0.366 e. The van der Waals surface area contributed by atoms with Gasteiger partial charge in [0.25, 0.3) is 5.91 Å². The van der Waals surface area contributed by atoms with Crippen LogP contribution in [-0.4, -0.2) is 46.0 Å². The van der Waals surface area contributed by atoms with Crippen LogP contribution >= 0.6 is 11.3 Å². The van der Waals surface area contributed by atoms with Crippen LogP contribution < -0.4 is 5.32 Å². The third-order valence-corrected chi connectivity index (χ3v) is 9.92. The maximum atomic E-state index is 13.0. The molecule has 188 valence electrons. The van der Waals surface area contributed by atoms with Gasteiger partial charge in [0.05, 0.1) is 21.8 Å². The molecule has 0 aliphatic carbocycles. The Balaban J connectivity index is 1.45. The summed E-state index contributed by atoms with van der Waals surface area (Å²) in [4.78, 5) is 18.3. The van der Waals surface area contributed by atoms with Crippen LogP contribution in [0.15, 0.2) is 60.0 Å². The highest BCUT2D eigenvalue weighted by Crippen LogP contribution is 2.47. The normalized spacial score (nSPS) is 21.2. The first-order valence-corrected chi connectivity index (χ1v) is 14.5. The van der Waals surface area contributed by atoms with Gasteiger partial charge in [0.1, 0.15) is 5.60 Å². The van der Waals surface area contributed by atoms with E-state index in [4.69, 9.17) is 4.74 Å². The van der Waals surface area contributed by atoms with E-state index < -0.39 is 10.8 Å². The standard InChI is InChI=1S/C28H36N2O3S2/c1-6-19(3)21(5)30-14-12-28(13-15-30)26-23(16-20(4)33-28)17-25(34-26)27(31)29-18-22-8-10-24(11-9-22)35(32)7-2/h6,8-11,17,20-21H,1,3,7,12-16,18H2,2,4-5H3,(H,29,31)/t20-,21?,35?/m0/s1. The Bertz CT molecular complexity index is 1110. The lowest BCUT2D eigenvalue weighted by molar-refractivity contribution is -0.132. The fraction of sp³-hybridized carbons (Fsp3) is 0.464. The summed E-state index contributed by atoms with van der Waals surface area (Å²) in [6.07, 6.45) is 4.63. The monoisotopic (exact) mass is 512 g/mol. The number of carbonyl (C=O) groups excluding carboxylic acids is 1. The number of thiophene rings is 1. The van der Waals surface area contributed by atoms with Crippen molar-refractivity contribution in [3.8, 4) is 0 Å². The first-order chi connectivity index (χ1) is 16.8. The lowest BCUT2D eigenvalue weighted by Gasteiger charge is -2.47. The Morgan fingerprint density at radius 1 is 1.34 bits per heavy atom. The van der Waals surface area contributed by atoms with Crippen LogP contribution in [0.4, 0.5) is 0 Å². The summed E-state index contributed by atoms with van der Waals surface area (Å²) >= 11 is 1.59. The number of fused-ring (bicyclic) bond motifs is 2. The average Bonchev–Trinajstić information content (AvgIpc) is 3.31.